The van der Waals surface area contributed by atoms with E-state index >= 15 is 0 Å². The van der Waals surface area contributed by atoms with Crippen LogP contribution in [0.2, 0.25) is 5.02 Å². The first-order valence-corrected chi connectivity index (χ1v) is 7.83. The number of rotatable bonds is 3. The standard InChI is InChI=1S/C16H13ClINO3/c1-9-3-5-11(14(18)7-9)15(20)19-10-4-6-13(17)12(8-10)16(21)22-2/h3-8H,1-2H3,(H,19,20). The van der Waals surface area contributed by atoms with Gasteiger partial charge in [-0.2, -0.15) is 0 Å². The van der Waals surface area contributed by atoms with E-state index in [0.29, 0.717) is 11.3 Å². The normalized spacial score (nSPS) is 10.2. The van der Waals surface area contributed by atoms with Gasteiger partial charge in [0.1, 0.15) is 0 Å². The minimum absolute atomic E-state index is 0.209. The van der Waals surface area contributed by atoms with Gasteiger partial charge in [-0.05, 0) is 59.8 Å². The second kappa shape index (κ2) is 7.11. The van der Waals surface area contributed by atoms with E-state index in [-0.39, 0.29) is 16.5 Å². The second-order valence-electron chi connectivity index (χ2n) is 4.62. The second-order valence-corrected chi connectivity index (χ2v) is 6.19. The number of halogens is 2. The first-order chi connectivity index (χ1) is 10.4. The van der Waals surface area contributed by atoms with Crippen LogP contribution in [0.4, 0.5) is 5.69 Å². The molecule has 0 aliphatic heterocycles. The number of esters is 1. The number of hydrogen-bond donors (Lipinski definition) is 1. The van der Waals surface area contributed by atoms with Crippen LogP contribution in [0.1, 0.15) is 26.3 Å². The largest absolute Gasteiger partial charge is 0.465 e. The molecule has 0 aliphatic carbocycles. The van der Waals surface area contributed by atoms with E-state index in [0.717, 1.165) is 9.13 Å². The maximum Gasteiger partial charge on any atom is 0.339 e. The number of hydrogen-bond acceptors (Lipinski definition) is 3. The van der Waals surface area contributed by atoms with Crippen LogP contribution in [0, 0.1) is 10.5 Å². The Kier molecular flexibility index (Phi) is 5.42. The lowest BCUT2D eigenvalue weighted by Gasteiger charge is -2.09. The Hall–Kier alpha value is -1.60. The Bertz CT molecular complexity index is 746. The molecule has 114 valence electrons. The van der Waals surface area contributed by atoms with Crippen LogP contribution in [0.3, 0.4) is 0 Å². The van der Waals surface area contributed by atoms with Crippen LogP contribution in [-0.4, -0.2) is 19.0 Å². The van der Waals surface area contributed by atoms with Gasteiger partial charge in [-0.3, -0.25) is 4.79 Å². The van der Waals surface area contributed by atoms with Gasteiger partial charge < -0.3 is 10.1 Å². The van der Waals surface area contributed by atoms with Crippen molar-refractivity contribution < 1.29 is 14.3 Å². The summed E-state index contributed by atoms with van der Waals surface area (Å²) in [4.78, 5) is 23.9. The van der Waals surface area contributed by atoms with Crippen LogP contribution in [0.15, 0.2) is 36.4 Å². The first-order valence-electron chi connectivity index (χ1n) is 6.37. The summed E-state index contributed by atoms with van der Waals surface area (Å²) >= 11 is 8.07. The highest BCUT2D eigenvalue weighted by molar-refractivity contribution is 14.1. The van der Waals surface area contributed by atoms with Crippen molar-refractivity contribution >= 4 is 51.8 Å². The van der Waals surface area contributed by atoms with Crippen molar-refractivity contribution in [1.82, 2.24) is 0 Å². The lowest BCUT2D eigenvalue weighted by atomic mass is 10.1. The van der Waals surface area contributed by atoms with Crippen molar-refractivity contribution in [2.45, 2.75) is 6.92 Å². The van der Waals surface area contributed by atoms with Crippen LogP contribution >= 0.6 is 34.2 Å². The zero-order valence-electron chi connectivity index (χ0n) is 11.9. The fraction of sp³-hybridized carbons (Fsp3) is 0.125. The number of ether oxygens (including phenoxy) is 1. The number of aryl methyl sites for hydroxylation is 1. The molecule has 0 saturated carbocycles. The summed E-state index contributed by atoms with van der Waals surface area (Å²) in [6.07, 6.45) is 0. The lowest BCUT2D eigenvalue weighted by Crippen LogP contribution is -2.14. The van der Waals surface area contributed by atoms with E-state index < -0.39 is 5.97 Å². The average molecular weight is 430 g/mol. The smallest absolute Gasteiger partial charge is 0.339 e. The number of anilines is 1. The highest BCUT2D eigenvalue weighted by Crippen LogP contribution is 2.22. The molecule has 0 atom stereocenters. The number of benzene rings is 2. The molecule has 0 unspecified atom stereocenters. The number of amides is 1. The molecule has 0 fully saturated rings. The molecular formula is C16H13ClINO3. The monoisotopic (exact) mass is 429 g/mol. The molecule has 1 amide bonds. The molecule has 0 heterocycles. The number of carbonyl (C=O) groups is 2. The predicted molar refractivity (Wildman–Crippen MR) is 94.6 cm³/mol. The molecule has 6 heteroatoms. The Balaban J connectivity index is 2.27. The number of methoxy groups -OCH3 is 1. The molecule has 2 aromatic rings. The zero-order valence-corrected chi connectivity index (χ0v) is 14.9. The summed E-state index contributed by atoms with van der Waals surface area (Å²) in [5.74, 6) is -0.798. The lowest BCUT2D eigenvalue weighted by molar-refractivity contribution is 0.0600. The summed E-state index contributed by atoms with van der Waals surface area (Å²) < 4.78 is 5.52. The molecule has 0 aromatic heterocycles. The summed E-state index contributed by atoms with van der Waals surface area (Å²) in [6.45, 7) is 1.96. The molecule has 0 bridgehead atoms. The molecule has 4 nitrogen and oxygen atoms in total. The van der Waals surface area contributed by atoms with Gasteiger partial charge in [0.05, 0.1) is 23.3 Å². The maximum absolute atomic E-state index is 12.3. The van der Waals surface area contributed by atoms with E-state index in [1.165, 1.54) is 13.2 Å². The average Bonchev–Trinajstić information content (AvgIpc) is 2.48. The summed E-state index contributed by atoms with van der Waals surface area (Å²) in [5, 5.41) is 3.03. The topological polar surface area (TPSA) is 55.4 Å². The van der Waals surface area contributed by atoms with Gasteiger partial charge in [0, 0.05) is 9.26 Å². The van der Waals surface area contributed by atoms with Crippen molar-refractivity contribution in [2.75, 3.05) is 12.4 Å². The molecule has 22 heavy (non-hydrogen) atoms. The van der Waals surface area contributed by atoms with Gasteiger partial charge in [0.15, 0.2) is 0 Å². The van der Waals surface area contributed by atoms with Gasteiger partial charge in [-0.1, -0.05) is 23.2 Å². The van der Waals surface area contributed by atoms with Gasteiger partial charge in [-0.25, -0.2) is 4.79 Å². The quantitative estimate of drug-likeness (QED) is 0.585. The SMILES string of the molecule is COC(=O)c1cc(NC(=O)c2ccc(C)cc2I)ccc1Cl. The third-order valence-electron chi connectivity index (χ3n) is 3.00. The Morgan fingerprint density at radius 1 is 1.14 bits per heavy atom. The Labute approximate surface area is 146 Å². The fourth-order valence-electron chi connectivity index (χ4n) is 1.87. The first kappa shape index (κ1) is 16.8. The molecular weight excluding hydrogens is 417 g/mol. The summed E-state index contributed by atoms with van der Waals surface area (Å²) in [7, 11) is 1.28. The minimum Gasteiger partial charge on any atom is -0.465 e. The molecule has 0 aliphatic rings. The van der Waals surface area contributed by atoms with Crippen molar-refractivity contribution in [3.05, 3.63) is 61.7 Å². The minimum atomic E-state index is -0.550. The highest BCUT2D eigenvalue weighted by Gasteiger charge is 2.14. The van der Waals surface area contributed by atoms with Crippen LogP contribution in [0.5, 0.6) is 0 Å². The summed E-state index contributed by atoms with van der Waals surface area (Å²) in [5.41, 5.74) is 2.34. The predicted octanol–water partition coefficient (Wildman–Crippen LogP) is 4.29. The molecule has 0 radical (unpaired) electrons. The molecule has 0 spiro atoms. The van der Waals surface area contributed by atoms with Gasteiger partial charge >= 0.3 is 5.97 Å². The van der Waals surface area contributed by atoms with E-state index in [1.54, 1.807) is 18.2 Å². The van der Waals surface area contributed by atoms with Crippen molar-refractivity contribution in [1.29, 1.82) is 0 Å². The van der Waals surface area contributed by atoms with E-state index in [1.807, 2.05) is 19.1 Å². The third-order valence-corrected chi connectivity index (χ3v) is 4.22. The maximum atomic E-state index is 12.3. The van der Waals surface area contributed by atoms with Crippen molar-refractivity contribution in [3.8, 4) is 0 Å². The van der Waals surface area contributed by atoms with Crippen LogP contribution in [0.25, 0.3) is 0 Å². The van der Waals surface area contributed by atoms with Gasteiger partial charge in [0.2, 0.25) is 0 Å². The van der Waals surface area contributed by atoms with Crippen LogP contribution < -0.4 is 5.32 Å². The van der Waals surface area contributed by atoms with Crippen LogP contribution in [-0.2, 0) is 4.74 Å². The Morgan fingerprint density at radius 2 is 1.86 bits per heavy atom. The van der Waals surface area contributed by atoms with E-state index in [2.05, 4.69) is 32.6 Å². The van der Waals surface area contributed by atoms with E-state index in [9.17, 15) is 9.59 Å². The highest BCUT2D eigenvalue weighted by atomic mass is 127. The molecule has 2 rings (SSSR count). The van der Waals surface area contributed by atoms with Crippen molar-refractivity contribution in [2.24, 2.45) is 0 Å². The molecule has 2 aromatic carbocycles. The number of carbonyl (C=O) groups excluding carboxylic acids is 2. The third kappa shape index (κ3) is 3.78. The van der Waals surface area contributed by atoms with Gasteiger partial charge in [0.25, 0.3) is 5.91 Å². The summed E-state index contributed by atoms with van der Waals surface area (Å²) in [6, 6.07) is 10.2. The Morgan fingerprint density at radius 3 is 2.50 bits per heavy atom. The van der Waals surface area contributed by atoms with E-state index in [4.69, 9.17) is 11.6 Å². The van der Waals surface area contributed by atoms with Crippen molar-refractivity contribution in [3.63, 3.8) is 0 Å². The zero-order chi connectivity index (χ0) is 16.3. The molecule has 1 N–H and O–H groups in total. The van der Waals surface area contributed by atoms with Gasteiger partial charge in [-0.15, -0.1) is 0 Å². The molecule has 0 saturated heterocycles. The number of nitrogens with one attached hydrogen (secondary N) is 1. The fourth-order valence-corrected chi connectivity index (χ4v) is 2.98.